The van der Waals surface area contributed by atoms with Crippen molar-refractivity contribution in [2.45, 2.75) is 51.5 Å². The molecule has 0 unspecified atom stereocenters. The van der Waals surface area contributed by atoms with Crippen molar-refractivity contribution in [1.82, 2.24) is 15.3 Å². The van der Waals surface area contributed by atoms with Crippen molar-refractivity contribution >= 4 is 17.2 Å². The predicted octanol–water partition coefficient (Wildman–Crippen LogP) is 2.84. The first-order valence-electron chi connectivity index (χ1n) is 8.03. The highest BCUT2D eigenvalue weighted by Crippen LogP contribution is 2.29. The highest BCUT2D eigenvalue weighted by molar-refractivity contribution is 7.14. The first kappa shape index (κ1) is 13.9. The monoisotopic (exact) mass is 313 g/mol. The lowest BCUT2D eigenvalue weighted by molar-refractivity contribution is 0.0954. The van der Waals surface area contributed by atoms with Gasteiger partial charge in [-0.25, -0.2) is 9.97 Å². The summed E-state index contributed by atoms with van der Waals surface area (Å²) in [6.45, 7) is 0.411. The Kier molecular flexibility index (Phi) is 3.66. The Morgan fingerprint density at radius 1 is 1.14 bits per heavy atom. The van der Waals surface area contributed by atoms with E-state index >= 15 is 0 Å². The number of fused-ring (bicyclic) bond motifs is 2. The van der Waals surface area contributed by atoms with Gasteiger partial charge in [-0.15, -0.1) is 11.3 Å². The SMILES string of the molecule is O=C(NCc1ncc2c(n1)CCC2)c1cc2c(s1)CCCC2. The Morgan fingerprint density at radius 3 is 2.91 bits per heavy atom. The van der Waals surface area contributed by atoms with Crippen molar-refractivity contribution in [3.63, 3.8) is 0 Å². The lowest BCUT2D eigenvalue weighted by Gasteiger charge is -2.08. The molecule has 2 aromatic heterocycles. The molecule has 4 nitrogen and oxygen atoms in total. The summed E-state index contributed by atoms with van der Waals surface area (Å²) in [7, 11) is 0. The molecule has 0 spiro atoms. The van der Waals surface area contributed by atoms with Gasteiger partial charge in [0, 0.05) is 16.8 Å². The van der Waals surface area contributed by atoms with E-state index in [1.165, 1.54) is 35.3 Å². The van der Waals surface area contributed by atoms with Crippen LogP contribution in [0.25, 0.3) is 0 Å². The summed E-state index contributed by atoms with van der Waals surface area (Å²) in [5, 5.41) is 2.96. The van der Waals surface area contributed by atoms with Gasteiger partial charge in [-0.1, -0.05) is 0 Å². The van der Waals surface area contributed by atoms with Crippen molar-refractivity contribution in [2.24, 2.45) is 0 Å². The lowest BCUT2D eigenvalue weighted by atomic mass is 9.99. The summed E-state index contributed by atoms with van der Waals surface area (Å²) >= 11 is 1.65. The molecule has 2 aliphatic carbocycles. The lowest BCUT2D eigenvalue weighted by Crippen LogP contribution is -2.23. The van der Waals surface area contributed by atoms with E-state index in [0.717, 1.165) is 42.1 Å². The number of carbonyl (C=O) groups excluding carboxylic acids is 1. The van der Waals surface area contributed by atoms with Gasteiger partial charge in [0.1, 0.15) is 5.82 Å². The molecule has 0 aliphatic heterocycles. The Labute approximate surface area is 134 Å². The maximum Gasteiger partial charge on any atom is 0.261 e. The number of amides is 1. The third-order valence-electron chi connectivity index (χ3n) is 4.49. The van der Waals surface area contributed by atoms with Crippen molar-refractivity contribution in [3.05, 3.63) is 44.7 Å². The molecule has 0 saturated heterocycles. The Hall–Kier alpha value is -1.75. The molecule has 2 heterocycles. The van der Waals surface area contributed by atoms with Gasteiger partial charge in [0.25, 0.3) is 5.91 Å². The summed E-state index contributed by atoms with van der Waals surface area (Å²) in [6.07, 6.45) is 9.94. The van der Waals surface area contributed by atoms with Gasteiger partial charge in [0.2, 0.25) is 0 Å². The Balaban J connectivity index is 1.43. The van der Waals surface area contributed by atoms with Crippen LogP contribution in [0.3, 0.4) is 0 Å². The van der Waals surface area contributed by atoms with Crippen molar-refractivity contribution in [3.8, 4) is 0 Å². The second kappa shape index (κ2) is 5.80. The number of carbonyl (C=O) groups is 1. The number of hydrogen-bond donors (Lipinski definition) is 1. The minimum atomic E-state index is 0.00324. The normalized spacial score (nSPS) is 16.2. The molecule has 22 heavy (non-hydrogen) atoms. The van der Waals surface area contributed by atoms with Crippen LogP contribution in [0.5, 0.6) is 0 Å². The van der Waals surface area contributed by atoms with E-state index in [9.17, 15) is 4.79 Å². The highest BCUT2D eigenvalue weighted by atomic mass is 32.1. The molecule has 0 radical (unpaired) electrons. The smallest absolute Gasteiger partial charge is 0.261 e. The van der Waals surface area contributed by atoms with E-state index in [1.807, 2.05) is 6.20 Å². The number of nitrogens with one attached hydrogen (secondary N) is 1. The maximum atomic E-state index is 12.3. The fourth-order valence-corrected chi connectivity index (χ4v) is 4.46. The number of thiophene rings is 1. The van der Waals surface area contributed by atoms with Crippen molar-refractivity contribution < 1.29 is 4.79 Å². The van der Waals surface area contributed by atoms with Crippen LogP contribution in [0.1, 0.15) is 56.5 Å². The molecule has 0 fully saturated rings. The number of hydrogen-bond acceptors (Lipinski definition) is 4. The van der Waals surface area contributed by atoms with Crippen LogP contribution in [-0.2, 0) is 32.2 Å². The second-order valence-electron chi connectivity index (χ2n) is 6.06. The zero-order chi connectivity index (χ0) is 14.9. The van der Waals surface area contributed by atoms with Gasteiger partial charge in [-0.3, -0.25) is 4.79 Å². The molecule has 5 heteroatoms. The Bertz CT molecular complexity index is 699. The molecule has 0 bridgehead atoms. The van der Waals surface area contributed by atoms with Crippen LogP contribution in [0.4, 0.5) is 0 Å². The molecule has 4 rings (SSSR count). The number of rotatable bonds is 3. The van der Waals surface area contributed by atoms with E-state index in [0.29, 0.717) is 6.54 Å². The average Bonchev–Trinajstić information content (AvgIpc) is 3.18. The quantitative estimate of drug-likeness (QED) is 0.948. The van der Waals surface area contributed by atoms with Gasteiger partial charge in [0.15, 0.2) is 0 Å². The molecule has 0 aromatic carbocycles. The van der Waals surface area contributed by atoms with Crippen LogP contribution < -0.4 is 5.32 Å². The summed E-state index contributed by atoms with van der Waals surface area (Å²) in [5.74, 6) is 0.721. The first-order valence-corrected chi connectivity index (χ1v) is 8.85. The van der Waals surface area contributed by atoms with Crippen LogP contribution in [0.2, 0.25) is 0 Å². The third-order valence-corrected chi connectivity index (χ3v) is 5.73. The van der Waals surface area contributed by atoms with Gasteiger partial charge in [0.05, 0.1) is 11.4 Å². The minimum Gasteiger partial charge on any atom is -0.344 e. The highest BCUT2D eigenvalue weighted by Gasteiger charge is 2.18. The van der Waals surface area contributed by atoms with Crippen molar-refractivity contribution in [1.29, 1.82) is 0 Å². The molecule has 2 aromatic rings. The van der Waals surface area contributed by atoms with E-state index in [1.54, 1.807) is 11.3 Å². The zero-order valence-electron chi connectivity index (χ0n) is 12.5. The average molecular weight is 313 g/mol. The van der Waals surface area contributed by atoms with E-state index in [2.05, 4.69) is 21.4 Å². The topological polar surface area (TPSA) is 54.9 Å². The van der Waals surface area contributed by atoms with Gasteiger partial charge >= 0.3 is 0 Å². The van der Waals surface area contributed by atoms with Crippen molar-refractivity contribution in [2.75, 3.05) is 0 Å². The molecule has 0 saturated carbocycles. The summed E-state index contributed by atoms with van der Waals surface area (Å²) in [5.41, 5.74) is 3.79. The number of nitrogens with zero attached hydrogens (tertiary/aromatic N) is 2. The molecule has 114 valence electrons. The first-order chi connectivity index (χ1) is 10.8. The number of aromatic nitrogens is 2. The van der Waals surface area contributed by atoms with Crippen LogP contribution in [0.15, 0.2) is 12.3 Å². The fourth-order valence-electron chi connectivity index (χ4n) is 3.29. The minimum absolute atomic E-state index is 0.00324. The molecular weight excluding hydrogens is 294 g/mol. The van der Waals surface area contributed by atoms with E-state index < -0.39 is 0 Å². The number of aryl methyl sites for hydroxylation is 4. The summed E-state index contributed by atoms with van der Waals surface area (Å²) in [6, 6.07) is 2.07. The standard InChI is InChI=1S/C17H19N3OS/c21-17(15-8-11-4-1-2-7-14(11)22-15)19-10-16-18-9-12-5-3-6-13(12)20-16/h8-9H,1-7,10H2,(H,19,21). The molecular formula is C17H19N3OS. The van der Waals surface area contributed by atoms with Crippen LogP contribution in [-0.4, -0.2) is 15.9 Å². The Morgan fingerprint density at radius 2 is 2.00 bits per heavy atom. The predicted molar refractivity (Wildman–Crippen MR) is 86.2 cm³/mol. The zero-order valence-corrected chi connectivity index (χ0v) is 13.3. The summed E-state index contributed by atoms with van der Waals surface area (Å²) in [4.78, 5) is 23.5. The van der Waals surface area contributed by atoms with E-state index in [4.69, 9.17) is 0 Å². The molecule has 1 N–H and O–H groups in total. The van der Waals surface area contributed by atoms with E-state index in [-0.39, 0.29) is 5.91 Å². The molecule has 0 atom stereocenters. The fraction of sp³-hybridized carbons (Fsp3) is 0.471. The van der Waals surface area contributed by atoms with Gasteiger partial charge < -0.3 is 5.32 Å². The van der Waals surface area contributed by atoms with Gasteiger partial charge in [-0.05, 0) is 62.1 Å². The third kappa shape index (κ3) is 2.65. The van der Waals surface area contributed by atoms with Gasteiger partial charge in [-0.2, -0.15) is 0 Å². The van der Waals surface area contributed by atoms with Crippen LogP contribution >= 0.6 is 11.3 Å². The van der Waals surface area contributed by atoms with Crippen LogP contribution in [0, 0.1) is 0 Å². The largest absolute Gasteiger partial charge is 0.344 e. The molecule has 2 aliphatic rings. The summed E-state index contributed by atoms with van der Waals surface area (Å²) < 4.78 is 0. The second-order valence-corrected chi connectivity index (χ2v) is 7.20. The molecule has 1 amide bonds. The maximum absolute atomic E-state index is 12.3.